The van der Waals surface area contributed by atoms with Crippen molar-refractivity contribution in [2.45, 2.75) is 26.3 Å². The van der Waals surface area contributed by atoms with Crippen LogP contribution in [0.4, 0.5) is 5.13 Å². The second-order valence-corrected chi connectivity index (χ2v) is 11.8. The Morgan fingerprint density at radius 1 is 1.03 bits per heavy atom. The number of aryl methyl sites for hydroxylation is 2. The molecule has 1 atom stereocenters. The van der Waals surface area contributed by atoms with Crippen LogP contribution in [0.3, 0.4) is 0 Å². The van der Waals surface area contributed by atoms with Gasteiger partial charge in [0.05, 0.1) is 17.5 Å². The second kappa shape index (κ2) is 9.56. The molecule has 1 aromatic carbocycles. The number of amides is 2. The molecule has 1 saturated heterocycles. The molecule has 1 aliphatic heterocycles. The number of likely N-dealkylation sites (tertiary alicyclic amines) is 1. The Morgan fingerprint density at radius 2 is 1.76 bits per heavy atom. The van der Waals surface area contributed by atoms with Crippen molar-refractivity contribution in [3.05, 3.63) is 77.2 Å². The summed E-state index contributed by atoms with van der Waals surface area (Å²) in [6.07, 6.45) is 4.16. The Bertz CT molecular complexity index is 1600. The molecule has 3 aromatic heterocycles. The monoisotopic (exact) mass is 535 g/mol. The number of anilines is 1. The lowest BCUT2D eigenvalue weighted by molar-refractivity contribution is -0.123. The molecule has 11 heteroatoms. The van der Waals surface area contributed by atoms with Gasteiger partial charge in [-0.1, -0.05) is 18.2 Å². The van der Waals surface area contributed by atoms with Crippen LogP contribution in [0.15, 0.2) is 60.2 Å². The molecule has 4 heterocycles. The zero-order valence-corrected chi connectivity index (χ0v) is 22.1. The highest BCUT2D eigenvalue weighted by molar-refractivity contribution is 7.89. The fourth-order valence-corrected chi connectivity index (χ4v) is 5.60. The molecule has 5 rings (SSSR count). The van der Waals surface area contributed by atoms with Crippen molar-refractivity contribution >= 4 is 38.3 Å². The summed E-state index contributed by atoms with van der Waals surface area (Å²) in [6.45, 7) is 4.36. The molecule has 0 radical (unpaired) electrons. The molecule has 0 aliphatic carbocycles. The number of thiazole rings is 1. The van der Waals surface area contributed by atoms with Crippen LogP contribution < -0.4 is 5.32 Å². The predicted octanol–water partition coefficient (Wildman–Crippen LogP) is 3.95. The zero-order valence-electron chi connectivity index (χ0n) is 20.5. The number of benzene rings is 1. The van der Waals surface area contributed by atoms with Gasteiger partial charge in [0.2, 0.25) is 15.9 Å². The van der Waals surface area contributed by atoms with Gasteiger partial charge in [-0.25, -0.2) is 13.4 Å². The third-order valence-electron chi connectivity index (χ3n) is 6.19. The van der Waals surface area contributed by atoms with E-state index >= 15 is 0 Å². The number of nitrogens with one attached hydrogen (secondary N) is 1. The van der Waals surface area contributed by atoms with E-state index in [2.05, 4.69) is 21.4 Å². The van der Waals surface area contributed by atoms with E-state index in [0.29, 0.717) is 18.1 Å². The summed E-state index contributed by atoms with van der Waals surface area (Å²) in [5, 5.41) is 5.16. The summed E-state index contributed by atoms with van der Waals surface area (Å²) >= 11 is 1.32. The van der Waals surface area contributed by atoms with Crippen LogP contribution in [-0.2, 0) is 14.8 Å². The topological polar surface area (TPSA) is 114 Å². The van der Waals surface area contributed by atoms with Crippen molar-refractivity contribution in [2.75, 3.05) is 18.1 Å². The van der Waals surface area contributed by atoms with Gasteiger partial charge in [-0.2, -0.15) is 0 Å². The SMILES string of the molecule is Cc1cc(-c2cccc(-c3csc(NC(=O)[C@H]4CCN4C(=O)c4ccn(S(C)(=O)=O)c4)n3)c2)cc(C)n1. The minimum Gasteiger partial charge on any atom is -0.326 e. The van der Waals surface area contributed by atoms with Crippen molar-refractivity contribution in [3.8, 4) is 22.4 Å². The largest absolute Gasteiger partial charge is 0.326 e. The average Bonchev–Trinajstić information content (AvgIpc) is 3.48. The minimum atomic E-state index is -3.49. The first-order valence-corrected chi connectivity index (χ1v) is 14.3. The van der Waals surface area contributed by atoms with Gasteiger partial charge in [-0.3, -0.25) is 18.5 Å². The number of carbonyl (C=O) groups excluding carboxylic acids is 2. The lowest BCUT2D eigenvalue weighted by Crippen LogP contribution is -2.56. The normalized spacial score (nSPS) is 15.3. The lowest BCUT2D eigenvalue weighted by atomic mass is 10.0. The molecule has 9 nitrogen and oxygen atoms in total. The van der Waals surface area contributed by atoms with Crippen LogP contribution in [0.25, 0.3) is 22.4 Å². The molecule has 1 aliphatic rings. The average molecular weight is 536 g/mol. The Kier molecular flexibility index (Phi) is 6.42. The molecular formula is C26H25N5O4S2. The third-order valence-corrected chi connectivity index (χ3v) is 7.94. The smallest absolute Gasteiger partial charge is 0.256 e. The summed E-state index contributed by atoms with van der Waals surface area (Å²) in [4.78, 5) is 36.2. The number of nitrogens with zero attached hydrogens (tertiary/aromatic N) is 4. The Hall–Kier alpha value is -3.83. The molecule has 2 amide bonds. The van der Waals surface area contributed by atoms with Crippen molar-refractivity contribution in [3.63, 3.8) is 0 Å². The van der Waals surface area contributed by atoms with E-state index in [1.807, 2.05) is 49.6 Å². The third kappa shape index (κ3) is 5.18. The van der Waals surface area contributed by atoms with Crippen LogP contribution in [0.5, 0.6) is 0 Å². The van der Waals surface area contributed by atoms with Gasteiger partial charge < -0.3 is 10.2 Å². The molecule has 0 spiro atoms. The molecule has 1 N–H and O–H groups in total. The van der Waals surface area contributed by atoms with Crippen molar-refractivity contribution < 1.29 is 18.0 Å². The first-order chi connectivity index (χ1) is 17.6. The van der Waals surface area contributed by atoms with E-state index in [1.54, 1.807) is 0 Å². The molecule has 0 bridgehead atoms. The summed E-state index contributed by atoms with van der Waals surface area (Å²) in [5.74, 6) is -0.702. The van der Waals surface area contributed by atoms with E-state index in [9.17, 15) is 18.0 Å². The van der Waals surface area contributed by atoms with E-state index in [1.165, 1.54) is 34.7 Å². The number of rotatable bonds is 6. The maximum absolute atomic E-state index is 12.9. The van der Waals surface area contributed by atoms with E-state index < -0.39 is 16.1 Å². The first-order valence-electron chi connectivity index (χ1n) is 11.6. The number of aromatic nitrogens is 3. The van der Waals surface area contributed by atoms with Gasteiger partial charge in [-0.05, 0) is 55.7 Å². The highest BCUT2D eigenvalue weighted by atomic mass is 32.2. The quantitative estimate of drug-likeness (QED) is 0.400. The number of pyridine rings is 1. The molecule has 37 heavy (non-hydrogen) atoms. The van der Waals surface area contributed by atoms with Crippen LogP contribution in [-0.4, -0.2) is 57.9 Å². The maximum atomic E-state index is 12.9. The van der Waals surface area contributed by atoms with Gasteiger partial charge in [0.25, 0.3) is 5.91 Å². The van der Waals surface area contributed by atoms with E-state index in [0.717, 1.165) is 44.0 Å². The van der Waals surface area contributed by atoms with Crippen LogP contribution >= 0.6 is 11.3 Å². The lowest BCUT2D eigenvalue weighted by Gasteiger charge is -2.39. The van der Waals surface area contributed by atoms with Gasteiger partial charge in [0.1, 0.15) is 6.04 Å². The van der Waals surface area contributed by atoms with E-state index in [-0.39, 0.29) is 17.4 Å². The Labute approximate surface area is 218 Å². The fourth-order valence-electron chi connectivity index (χ4n) is 4.29. The van der Waals surface area contributed by atoms with Crippen molar-refractivity contribution in [1.29, 1.82) is 0 Å². The molecule has 190 valence electrons. The van der Waals surface area contributed by atoms with Crippen LogP contribution in [0.2, 0.25) is 0 Å². The van der Waals surface area contributed by atoms with Crippen molar-refractivity contribution in [2.24, 2.45) is 0 Å². The highest BCUT2D eigenvalue weighted by Crippen LogP contribution is 2.30. The number of hydrogen-bond acceptors (Lipinski definition) is 7. The zero-order chi connectivity index (χ0) is 26.3. The molecule has 1 fully saturated rings. The molecule has 0 saturated carbocycles. The second-order valence-electron chi connectivity index (χ2n) is 9.04. The standard InChI is InChI=1S/C26H25N5O4S2/c1-16-11-21(12-17(2)27-16)18-5-4-6-19(13-18)22-15-36-26(28-22)29-24(32)23-8-10-31(23)25(33)20-7-9-30(14-20)37(3,34)35/h4-7,9,11-15,23H,8,10H2,1-3H3,(H,28,29,32)/t23-/m1/s1. The first kappa shape index (κ1) is 24.8. The Balaban J connectivity index is 1.28. The highest BCUT2D eigenvalue weighted by Gasteiger charge is 2.38. The fraction of sp³-hybridized carbons (Fsp3) is 0.231. The van der Waals surface area contributed by atoms with Gasteiger partial charge >= 0.3 is 0 Å². The summed E-state index contributed by atoms with van der Waals surface area (Å²) < 4.78 is 24.4. The van der Waals surface area contributed by atoms with Gasteiger partial charge in [-0.15, -0.1) is 11.3 Å². The van der Waals surface area contributed by atoms with Crippen LogP contribution in [0, 0.1) is 13.8 Å². The molecule has 0 unspecified atom stereocenters. The Morgan fingerprint density at radius 3 is 2.41 bits per heavy atom. The van der Waals surface area contributed by atoms with Gasteiger partial charge in [0.15, 0.2) is 5.13 Å². The number of hydrogen-bond donors (Lipinski definition) is 1. The van der Waals surface area contributed by atoms with Crippen molar-refractivity contribution in [1.82, 2.24) is 18.8 Å². The van der Waals surface area contributed by atoms with Crippen LogP contribution in [0.1, 0.15) is 28.2 Å². The van der Waals surface area contributed by atoms with E-state index in [4.69, 9.17) is 0 Å². The predicted molar refractivity (Wildman–Crippen MR) is 143 cm³/mol. The minimum absolute atomic E-state index is 0.221. The van der Waals surface area contributed by atoms with Gasteiger partial charge in [0, 0.05) is 41.3 Å². The summed E-state index contributed by atoms with van der Waals surface area (Å²) in [5.41, 5.74) is 5.94. The number of carbonyl (C=O) groups is 2. The molecular weight excluding hydrogens is 510 g/mol. The maximum Gasteiger partial charge on any atom is 0.256 e. The summed E-state index contributed by atoms with van der Waals surface area (Å²) in [6, 6.07) is 12.9. The molecule has 4 aromatic rings. The summed E-state index contributed by atoms with van der Waals surface area (Å²) in [7, 11) is -3.49.